The summed E-state index contributed by atoms with van der Waals surface area (Å²) in [6, 6.07) is 5.00. The number of rotatable bonds is 4. The molecule has 1 aromatic carbocycles. The lowest BCUT2D eigenvalue weighted by molar-refractivity contribution is 0.0549. The quantitative estimate of drug-likeness (QED) is 0.862. The van der Waals surface area contributed by atoms with Gasteiger partial charge in [0.15, 0.2) is 0 Å². The summed E-state index contributed by atoms with van der Waals surface area (Å²) in [5.74, 6) is 5.47. The minimum absolute atomic E-state index is 0.257. The molecule has 0 spiro atoms. The second-order valence-corrected chi connectivity index (χ2v) is 5.53. The predicted octanol–water partition coefficient (Wildman–Crippen LogP) is 2.03. The molecule has 1 aromatic rings. The fraction of sp³-hybridized carbons (Fsp3) is 0.529. The average Bonchev–Trinajstić information content (AvgIpc) is 2.48. The van der Waals surface area contributed by atoms with Crippen LogP contribution in [0, 0.1) is 23.6 Å². The van der Waals surface area contributed by atoms with Crippen molar-refractivity contribution >= 4 is 0 Å². The first-order valence-corrected chi connectivity index (χ1v) is 7.33. The summed E-state index contributed by atoms with van der Waals surface area (Å²) in [5, 5.41) is 8.70. The highest BCUT2D eigenvalue weighted by molar-refractivity contribution is 5.38. The minimum Gasteiger partial charge on any atom is -0.384 e. The fourth-order valence-corrected chi connectivity index (χ4v) is 2.65. The van der Waals surface area contributed by atoms with Crippen LogP contribution in [0.2, 0.25) is 0 Å². The maximum Gasteiger partial charge on any atom is 0.138 e. The molecule has 0 bridgehead atoms. The van der Waals surface area contributed by atoms with Crippen molar-refractivity contribution in [3.8, 4) is 11.8 Å². The van der Waals surface area contributed by atoms with Gasteiger partial charge in [0.1, 0.15) is 12.4 Å². The van der Waals surface area contributed by atoms with Gasteiger partial charge in [-0.05, 0) is 43.5 Å². The van der Waals surface area contributed by atoms with Gasteiger partial charge < -0.3 is 14.7 Å². The molecule has 0 unspecified atom stereocenters. The Bertz CT molecular complexity index is 515. The van der Waals surface area contributed by atoms with E-state index in [1.165, 1.54) is 6.07 Å². The molecule has 1 aliphatic rings. The lowest BCUT2D eigenvalue weighted by Gasteiger charge is -2.27. The van der Waals surface area contributed by atoms with E-state index in [-0.39, 0.29) is 12.4 Å². The largest absolute Gasteiger partial charge is 0.384 e. The van der Waals surface area contributed by atoms with Gasteiger partial charge in [0, 0.05) is 26.3 Å². The molecule has 2 rings (SSSR count). The SMILES string of the molecule is CN(Cc1ccc(F)c(C#CCO)c1)CC1CCOCC1. The Balaban J connectivity index is 1.95. The van der Waals surface area contributed by atoms with Crippen LogP contribution in [0.5, 0.6) is 0 Å². The monoisotopic (exact) mass is 291 g/mol. The zero-order chi connectivity index (χ0) is 15.1. The fourth-order valence-electron chi connectivity index (χ4n) is 2.65. The Morgan fingerprint density at radius 3 is 2.86 bits per heavy atom. The van der Waals surface area contributed by atoms with E-state index in [1.54, 1.807) is 12.1 Å². The highest BCUT2D eigenvalue weighted by Gasteiger charge is 2.16. The predicted molar refractivity (Wildman–Crippen MR) is 80.2 cm³/mol. The molecule has 0 radical (unpaired) electrons. The second kappa shape index (κ2) is 8.14. The molecule has 3 nitrogen and oxygen atoms in total. The van der Waals surface area contributed by atoms with Crippen molar-refractivity contribution in [3.63, 3.8) is 0 Å². The van der Waals surface area contributed by atoms with Crippen LogP contribution in [0.25, 0.3) is 0 Å². The zero-order valence-corrected chi connectivity index (χ0v) is 12.4. The number of hydrogen-bond acceptors (Lipinski definition) is 3. The van der Waals surface area contributed by atoms with Gasteiger partial charge >= 0.3 is 0 Å². The molecule has 0 amide bonds. The second-order valence-electron chi connectivity index (χ2n) is 5.53. The Morgan fingerprint density at radius 2 is 2.14 bits per heavy atom. The van der Waals surface area contributed by atoms with Gasteiger partial charge in [-0.2, -0.15) is 0 Å². The van der Waals surface area contributed by atoms with Crippen molar-refractivity contribution < 1.29 is 14.2 Å². The standard InChI is InChI=1S/C17H22FNO2/c1-19(12-14-6-9-21-10-7-14)13-15-4-5-17(18)16(11-15)3-2-8-20/h4-5,11,14,20H,6-10,12-13H2,1H3. The molecule has 1 saturated heterocycles. The number of halogens is 1. The number of nitrogens with zero attached hydrogens (tertiary/aromatic N) is 1. The first-order valence-electron chi connectivity index (χ1n) is 7.33. The summed E-state index contributed by atoms with van der Waals surface area (Å²) in [5.41, 5.74) is 1.38. The highest BCUT2D eigenvalue weighted by Crippen LogP contribution is 2.17. The van der Waals surface area contributed by atoms with Crippen molar-refractivity contribution in [1.29, 1.82) is 0 Å². The van der Waals surface area contributed by atoms with E-state index in [0.717, 1.165) is 44.7 Å². The van der Waals surface area contributed by atoms with Crippen molar-refractivity contribution in [1.82, 2.24) is 4.90 Å². The van der Waals surface area contributed by atoms with Gasteiger partial charge in [0.05, 0.1) is 5.56 Å². The van der Waals surface area contributed by atoms with Crippen LogP contribution >= 0.6 is 0 Å². The highest BCUT2D eigenvalue weighted by atomic mass is 19.1. The molecule has 1 fully saturated rings. The Hall–Kier alpha value is -1.41. The van der Waals surface area contributed by atoms with Gasteiger partial charge in [-0.15, -0.1) is 0 Å². The summed E-state index contributed by atoms with van der Waals surface area (Å²) < 4.78 is 19.0. The van der Waals surface area contributed by atoms with E-state index < -0.39 is 0 Å². The molecule has 0 aliphatic carbocycles. The van der Waals surface area contributed by atoms with E-state index in [0.29, 0.717) is 11.5 Å². The van der Waals surface area contributed by atoms with Crippen molar-refractivity contribution in [2.45, 2.75) is 19.4 Å². The number of hydrogen-bond donors (Lipinski definition) is 1. The Labute approximate surface area is 125 Å². The Morgan fingerprint density at radius 1 is 1.38 bits per heavy atom. The maximum atomic E-state index is 13.6. The van der Waals surface area contributed by atoms with Gasteiger partial charge in [-0.1, -0.05) is 17.9 Å². The first kappa shape index (κ1) is 16.0. The van der Waals surface area contributed by atoms with E-state index in [9.17, 15) is 4.39 Å². The summed E-state index contributed by atoms with van der Waals surface area (Å²) >= 11 is 0. The number of aliphatic hydroxyl groups is 1. The summed E-state index contributed by atoms with van der Waals surface area (Å²) in [6.45, 7) is 3.25. The van der Waals surface area contributed by atoms with Crippen molar-refractivity contribution in [2.24, 2.45) is 5.92 Å². The number of aliphatic hydroxyl groups excluding tert-OH is 1. The molecule has 1 N–H and O–H groups in total. The van der Waals surface area contributed by atoms with Crippen LogP contribution in [0.4, 0.5) is 4.39 Å². The molecule has 1 aliphatic heterocycles. The van der Waals surface area contributed by atoms with Crippen LogP contribution in [0.1, 0.15) is 24.0 Å². The Kier molecular flexibility index (Phi) is 6.19. The van der Waals surface area contributed by atoms with Crippen molar-refractivity contribution in [2.75, 3.05) is 33.4 Å². The molecular formula is C17H22FNO2. The maximum absolute atomic E-state index is 13.6. The number of ether oxygens (including phenoxy) is 1. The normalized spacial score (nSPS) is 15.8. The van der Waals surface area contributed by atoms with Crippen LogP contribution in [0.3, 0.4) is 0 Å². The van der Waals surface area contributed by atoms with Crippen LogP contribution < -0.4 is 0 Å². The molecule has 0 atom stereocenters. The van der Waals surface area contributed by atoms with Gasteiger partial charge in [-0.3, -0.25) is 0 Å². The van der Waals surface area contributed by atoms with Crippen molar-refractivity contribution in [3.05, 3.63) is 35.1 Å². The van der Waals surface area contributed by atoms with Crippen LogP contribution in [0.15, 0.2) is 18.2 Å². The molecule has 1 heterocycles. The van der Waals surface area contributed by atoms with Crippen LogP contribution in [-0.2, 0) is 11.3 Å². The van der Waals surface area contributed by atoms with E-state index in [1.807, 2.05) is 0 Å². The van der Waals surface area contributed by atoms with Gasteiger partial charge in [0.25, 0.3) is 0 Å². The van der Waals surface area contributed by atoms with E-state index in [4.69, 9.17) is 9.84 Å². The lowest BCUT2D eigenvalue weighted by atomic mass is 9.99. The molecular weight excluding hydrogens is 269 g/mol. The van der Waals surface area contributed by atoms with Gasteiger partial charge in [0.2, 0.25) is 0 Å². The van der Waals surface area contributed by atoms with Gasteiger partial charge in [-0.25, -0.2) is 4.39 Å². The minimum atomic E-state index is -0.341. The zero-order valence-electron chi connectivity index (χ0n) is 12.4. The summed E-state index contributed by atoms with van der Waals surface area (Å²) in [4.78, 5) is 2.26. The third kappa shape index (κ3) is 5.13. The first-order chi connectivity index (χ1) is 10.2. The molecule has 4 heteroatoms. The summed E-state index contributed by atoms with van der Waals surface area (Å²) in [6.07, 6.45) is 2.22. The third-order valence-corrected chi connectivity index (χ3v) is 3.70. The molecule has 21 heavy (non-hydrogen) atoms. The molecule has 0 aromatic heterocycles. The average molecular weight is 291 g/mol. The van der Waals surface area contributed by atoms with E-state index >= 15 is 0 Å². The van der Waals surface area contributed by atoms with Crippen LogP contribution in [-0.4, -0.2) is 43.4 Å². The third-order valence-electron chi connectivity index (χ3n) is 3.70. The lowest BCUT2D eigenvalue weighted by Crippen LogP contribution is -2.29. The molecule has 114 valence electrons. The summed E-state index contributed by atoms with van der Waals surface area (Å²) in [7, 11) is 2.08. The smallest absolute Gasteiger partial charge is 0.138 e. The van der Waals surface area contributed by atoms with E-state index in [2.05, 4.69) is 23.8 Å². The topological polar surface area (TPSA) is 32.7 Å². The molecule has 0 saturated carbocycles. The number of benzene rings is 1.